The van der Waals surface area contributed by atoms with Crippen LogP contribution >= 0.6 is 11.3 Å². The van der Waals surface area contributed by atoms with Gasteiger partial charge in [0.05, 0.1) is 15.4 Å². The van der Waals surface area contributed by atoms with E-state index in [9.17, 15) is 14.9 Å². The Morgan fingerprint density at radius 2 is 2.15 bits per heavy atom. The van der Waals surface area contributed by atoms with Crippen molar-refractivity contribution in [3.8, 4) is 16.9 Å². The maximum Gasteiger partial charge on any atom is 0.323 e. The highest BCUT2D eigenvalue weighted by molar-refractivity contribution is 7.16. The van der Waals surface area contributed by atoms with Crippen molar-refractivity contribution in [1.82, 2.24) is 0 Å². The SMILES string of the molecule is CC(=O)c1cc([N+](=O)[O-])c(Oc2ccccc2C#N)s1. The number of thiophene rings is 1. The lowest BCUT2D eigenvalue weighted by molar-refractivity contribution is -0.385. The number of carbonyl (C=O) groups is 1. The minimum absolute atomic E-state index is 0.0112. The van der Waals surface area contributed by atoms with Crippen molar-refractivity contribution in [2.75, 3.05) is 0 Å². The Balaban J connectivity index is 2.45. The molecule has 0 aliphatic heterocycles. The summed E-state index contributed by atoms with van der Waals surface area (Å²) in [5.41, 5.74) is -0.0208. The number of para-hydroxylation sites is 1. The van der Waals surface area contributed by atoms with Gasteiger partial charge >= 0.3 is 5.69 Å². The highest BCUT2D eigenvalue weighted by Gasteiger charge is 2.23. The summed E-state index contributed by atoms with van der Waals surface area (Å²) < 4.78 is 5.43. The fourth-order valence-electron chi connectivity index (χ4n) is 1.49. The summed E-state index contributed by atoms with van der Waals surface area (Å²) in [4.78, 5) is 21.9. The number of rotatable bonds is 4. The van der Waals surface area contributed by atoms with Gasteiger partial charge in [-0.3, -0.25) is 14.9 Å². The predicted octanol–water partition coefficient (Wildman–Crippen LogP) is 3.52. The van der Waals surface area contributed by atoms with Gasteiger partial charge < -0.3 is 4.74 Å². The molecule has 0 saturated heterocycles. The Morgan fingerprint density at radius 3 is 2.75 bits per heavy atom. The standard InChI is InChI=1S/C13H8N2O4S/c1-8(16)12-6-10(15(17)18)13(20-12)19-11-5-3-2-4-9(11)7-14/h2-6H,1H3. The Labute approximate surface area is 118 Å². The molecule has 7 heteroatoms. The number of Topliss-reactive ketones (excluding diaryl/α,β-unsaturated/α-hetero) is 1. The molecule has 1 heterocycles. The Kier molecular flexibility index (Phi) is 3.77. The first-order chi connectivity index (χ1) is 9.52. The molecule has 1 aromatic heterocycles. The quantitative estimate of drug-likeness (QED) is 0.487. The van der Waals surface area contributed by atoms with Crippen LogP contribution < -0.4 is 4.74 Å². The second-order valence-electron chi connectivity index (χ2n) is 3.81. The molecule has 0 aliphatic carbocycles. The molecule has 0 bridgehead atoms. The van der Waals surface area contributed by atoms with E-state index in [1.807, 2.05) is 6.07 Å². The molecule has 0 amide bonds. The first kappa shape index (κ1) is 13.7. The van der Waals surface area contributed by atoms with E-state index in [1.165, 1.54) is 19.1 Å². The van der Waals surface area contributed by atoms with Gasteiger partial charge in [0.2, 0.25) is 0 Å². The van der Waals surface area contributed by atoms with Crippen molar-refractivity contribution in [2.24, 2.45) is 0 Å². The van der Waals surface area contributed by atoms with Crippen molar-refractivity contribution in [1.29, 1.82) is 5.26 Å². The number of nitro groups is 1. The second kappa shape index (κ2) is 5.50. The van der Waals surface area contributed by atoms with E-state index < -0.39 is 4.92 Å². The minimum Gasteiger partial charge on any atom is -0.439 e. The number of hydrogen-bond donors (Lipinski definition) is 0. The third-order valence-corrected chi connectivity index (χ3v) is 3.54. The molecule has 0 fully saturated rings. The van der Waals surface area contributed by atoms with Gasteiger partial charge in [-0.25, -0.2) is 0 Å². The van der Waals surface area contributed by atoms with Gasteiger partial charge in [0.1, 0.15) is 11.8 Å². The first-order valence-electron chi connectivity index (χ1n) is 5.49. The molecule has 0 saturated carbocycles. The van der Waals surface area contributed by atoms with Crippen LogP contribution in [0.15, 0.2) is 30.3 Å². The fourth-order valence-corrected chi connectivity index (χ4v) is 2.37. The van der Waals surface area contributed by atoms with Gasteiger partial charge in [0, 0.05) is 6.07 Å². The van der Waals surface area contributed by atoms with Gasteiger partial charge in [-0.15, -0.1) is 0 Å². The first-order valence-corrected chi connectivity index (χ1v) is 6.30. The topological polar surface area (TPSA) is 93.2 Å². The van der Waals surface area contributed by atoms with Crippen molar-refractivity contribution >= 4 is 22.8 Å². The number of nitriles is 1. The third kappa shape index (κ3) is 2.65. The molecule has 0 radical (unpaired) electrons. The van der Waals surface area contributed by atoms with Crippen LogP contribution in [0.25, 0.3) is 0 Å². The van der Waals surface area contributed by atoms with Crippen molar-refractivity contribution < 1.29 is 14.5 Å². The zero-order valence-corrected chi connectivity index (χ0v) is 11.1. The monoisotopic (exact) mass is 288 g/mol. The van der Waals surface area contributed by atoms with Crippen molar-refractivity contribution in [2.45, 2.75) is 6.92 Å². The molecule has 0 atom stereocenters. The molecule has 0 spiro atoms. The number of nitrogens with zero attached hydrogens (tertiary/aromatic N) is 2. The van der Waals surface area contributed by atoms with Gasteiger partial charge in [-0.05, 0) is 19.1 Å². The lowest BCUT2D eigenvalue weighted by Gasteiger charge is -2.03. The van der Waals surface area contributed by atoms with Crippen LogP contribution in [0.2, 0.25) is 0 Å². The summed E-state index contributed by atoms with van der Waals surface area (Å²) in [5.74, 6) is -0.0587. The number of hydrogen-bond acceptors (Lipinski definition) is 6. The average Bonchev–Trinajstić information content (AvgIpc) is 2.84. The number of benzene rings is 1. The maximum atomic E-state index is 11.3. The van der Waals surface area contributed by atoms with Crippen molar-refractivity contribution in [3.05, 3.63) is 50.9 Å². The normalized spacial score (nSPS) is 9.80. The lowest BCUT2D eigenvalue weighted by atomic mass is 10.2. The summed E-state index contributed by atoms with van der Waals surface area (Å²) in [6.07, 6.45) is 0. The Bertz CT molecular complexity index is 730. The second-order valence-corrected chi connectivity index (χ2v) is 4.82. The maximum absolute atomic E-state index is 11.3. The fraction of sp³-hybridized carbons (Fsp3) is 0.0769. The van der Waals surface area contributed by atoms with Gasteiger partial charge in [0.25, 0.3) is 5.06 Å². The zero-order valence-electron chi connectivity index (χ0n) is 10.3. The molecular weight excluding hydrogens is 280 g/mol. The molecule has 0 aliphatic rings. The zero-order chi connectivity index (χ0) is 14.7. The molecular formula is C13H8N2O4S. The molecule has 1 aromatic carbocycles. The van der Waals surface area contributed by atoms with E-state index in [-0.39, 0.29) is 32.7 Å². The Hall–Kier alpha value is -2.72. The minimum atomic E-state index is -0.618. The summed E-state index contributed by atoms with van der Waals surface area (Å²) >= 11 is 0.887. The van der Waals surface area contributed by atoms with E-state index in [2.05, 4.69) is 0 Å². The van der Waals surface area contributed by atoms with Gasteiger partial charge in [-0.1, -0.05) is 23.5 Å². The highest BCUT2D eigenvalue weighted by Crippen LogP contribution is 2.40. The van der Waals surface area contributed by atoms with Crippen LogP contribution in [-0.4, -0.2) is 10.7 Å². The third-order valence-electron chi connectivity index (χ3n) is 2.43. The van der Waals surface area contributed by atoms with Crippen molar-refractivity contribution in [3.63, 3.8) is 0 Å². The van der Waals surface area contributed by atoms with Crippen LogP contribution in [0.3, 0.4) is 0 Å². The molecule has 100 valence electrons. The lowest BCUT2D eigenvalue weighted by Crippen LogP contribution is -1.91. The molecule has 2 rings (SSSR count). The predicted molar refractivity (Wildman–Crippen MR) is 72.2 cm³/mol. The molecule has 2 aromatic rings. The van der Waals surface area contributed by atoms with Crippen LogP contribution in [0.4, 0.5) is 5.69 Å². The summed E-state index contributed by atoms with van der Waals surface area (Å²) in [6, 6.07) is 9.51. The van der Waals surface area contributed by atoms with E-state index in [0.717, 1.165) is 11.3 Å². The van der Waals surface area contributed by atoms with Gasteiger partial charge in [0.15, 0.2) is 5.78 Å². The summed E-state index contributed by atoms with van der Waals surface area (Å²) in [5, 5.41) is 19.9. The van der Waals surface area contributed by atoms with Crippen LogP contribution in [-0.2, 0) is 0 Å². The van der Waals surface area contributed by atoms with E-state index >= 15 is 0 Å². The average molecular weight is 288 g/mol. The molecule has 0 N–H and O–H groups in total. The summed E-state index contributed by atoms with van der Waals surface area (Å²) in [6.45, 7) is 1.32. The smallest absolute Gasteiger partial charge is 0.323 e. The van der Waals surface area contributed by atoms with Crippen LogP contribution in [0.5, 0.6) is 10.8 Å². The van der Waals surface area contributed by atoms with E-state index in [4.69, 9.17) is 10.00 Å². The van der Waals surface area contributed by atoms with Crippen LogP contribution in [0, 0.1) is 21.4 Å². The largest absolute Gasteiger partial charge is 0.439 e. The molecule has 0 unspecified atom stereocenters. The number of carbonyl (C=O) groups excluding carboxylic acids is 1. The highest BCUT2D eigenvalue weighted by atomic mass is 32.1. The van der Waals surface area contributed by atoms with E-state index in [1.54, 1.807) is 18.2 Å². The molecule has 20 heavy (non-hydrogen) atoms. The Morgan fingerprint density at radius 1 is 1.45 bits per heavy atom. The molecule has 6 nitrogen and oxygen atoms in total. The number of ether oxygens (including phenoxy) is 1. The van der Waals surface area contributed by atoms with Gasteiger partial charge in [-0.2, -0.15) is 5.26 Å². The van der Waals surface area contributed by atoms with E-state index in [0.29, 0.717) is 0 Å². The summed E-state index contributed by atoms with van der Waals surface area (Å²) in [7, 11) is 0. The van der Waals surface area contributed by atoms with Crippen LogP contribution in [0.1, 0.15) is 22.2 Å². The number of ketones is 1.